The lowest BCUT2D eigenvalue weighted by Gasteiger charge is -2.27. The number of anilines is 1. The summed E-state index contributed by atoms with van der Waals surface area (Å²) in [6.07, 6.45) is -2.59. The van der Waals surface area contributed by atoms with Crippen LogP contribution in [0.3, 0.4) is 0 Å². The number of pyridine rings is 1. The monoisotopic (exact) mass is 460 g/mol. The van der Waals surface area contributed by atoms with E-state index in [1.54, 1.807) is 9.91 Å². The summed E-state index contributed by atoms with van der Waals surface area (Å²) in [5.41, 5.74) is 0.0880. The largest absolute Gasteiger partial charge is 0.417 e. The van der Waals surface area contributed by atoms with Crippen molar-refractivity contribution in [2.75, 3.05) is 38.1 Å². The normalized spacial score (nSPS) is 20.6. The van der Waals surface area contributed by atoms with Crippen molar-refractivity contribution in [1.82, 2.24) is 20.2 Å². The second kappa shape index (κ2) is 8.72. The Morgan fingerprint density at radius 1 is 1.19 bits per heavy atom. The molecule has 1 atom stereocenters. The van der Waals surface area contributed by atoms with Crippen molar-refractivity contribution in [2.24, 2.45) is 10.5 Å². The Labute approximate surface area is 185 Å². The first-order valence-corrected chi connectivity index (χ1v) is 10.6. The first kappa shape index (κ1) is 23.4. The molecule has 0 saturated carbocycles. The van der Waals surface area contributed by atoms with Gasteiger partial charge in [0.2, 0.25) is 0 Å². The third-order valence-corrected chi connectivity index (χ3v) is 5.78. The van der Waals surface area contributed by atoms with Crippen molar-refractivity contribution < 1.29 is 18.0 Å². The number of hydrogen-bond acceptors (Lipinski definition) is 5. The number of nitrogens with one attached hydrogen (secondary N) is 1. The minimum atomic E-state index is -4.49. The van der Waals surface area contributed by atoms with Gasteiger partial charge in [0.05, 0.1) is 10.6 Å². The van der Waals surface area contributed by atoms with Gasteiger partial charge in [0.25, 0.3) is 0 Å². The fourth-order valence-electron chi connectivity index (χ4n) is 3.60. The van der Waals surface area contributed by atoms with E-state index in [-0.39, 0.29) is 22.6 Å². The molecule has 3 rings (SSSR count). The van der Waals surface area contributed by atoms with Crippen LogP contribution in [0.1, 0.15) is 39.2 Å². The minimum absolute atomic E-state index is 0.0489. The number of aromatic nitrogens is 1. The zero-order valence-corrected chi connectivity index (χ0v) is 18.9. The molecule has 2 amide bonds. The molecule has 0 spiro atoms. The summed E-state index contributed by atoms with van der Waals surface area (Å²) in [7, 11) is 1.84. The SMILES string of the molecule is CN1N=C(C(C)(C)C)CC1NC(=O)N1CCCN(c2ncc(C(F)(F)F)cc2Cl)CC1. The number of nitrogens with zero attached hydrogens (tertiary/aromatic N) is 5. The number of amides is 2. The zero-order valence-electron chi connectivity index (χ0n) is 18.1. The van der Waals surface area contributed by atoms with E-state index in [0.717, 1.165) is 18.0 Å². The molecule has 1 aromatic rings. The summed E-state index contributed by atoms with van der Waals surface area (Å²) in [5.74, 6) is 0.302. The zero-order chi connectivity index (χ0) is 23.0. The average Bonchev–Trinajstić information content (AvgIpc) is 2.88. The van der Waals surface area contributed by atoms with Gasteiger partial charge in [-0.05, 0) is 12.5 Å². The lowest BCUT2D eigenvalue weighted by molar-refractivity contribution is -0.137. The molecule has 1 N–H and O–H groups in total. The number of rotatable bonds is 2. The topological polar surface area (TPSA) is 64.1 Å². The number of hydrogen-bond donors (Lipinski definition) is 1. The number of halogens is 4. The lowest BCUT2D eigenvalue weighted by atomic mass is 9.88. The van der Waals surface area contributed by atoms with Crippen molar-refractivity contribution in [3.8, 4) is 0 Å². The van der Waals surface area contributed by atoms with Crippen molar-refractivity contribution in [3.63, 3.8) is 0 Å². The number of alkyl halides is 3. The van der Waals surface area contributed by atoms with Crippen LogP contribution in [0.25, 0.3) is 0 Å². The van der Waals surface area contributed by atoms with Crippen LogP contribution in [0, 0.1) is 5.41 Å². The number of urea groups is 1. The highest BCUT2D eigenvalue weighted by Crippen LogP contribution is 2.33. The van der Waals surface area contributed by atoms with E-state index in [2.05, 4.69) is 36.2 Å². The van der Waals surface area contributed by atoms with E-state index >= 15 is 0 Å². The summed E-state index contributed by atoms with van der Waals surface area (Å²) in [5, 5.41) is 9.30. The summed E-state index contributed by atoms with van der Waals surface area (Å²) < 4.78 is 38.6. The fraction of sp³-hybridized carbons (Fsp3) is 0.650. The molecular formula is C20H28ClF3N6O. The second-order valence-corrected chi connectivity index (χ2v) is 9.30. The van der Waals surface area contributed by atoms with Gasteiger partial charge in [-0.15, -0.1) is 0 Å². The molecule has 3 heterocycles. The number of carbonyl (C=O) groups excluding carboxylic acids is 1. The van der Waals surface area contributed by atoms with E-state index in [1.165, 1.54) is 0 Å². The average molecular weight is 461 g/mol. The summed E-state index contributed by atoms with van der Waals surface area (Å²) in [6, 6.07) is 0.706. The van der Waals surface area contributed by atoms with Gasteiger partial charge in [-0.2, -0.15) is 18.3 Å². The van der Waals surface area contributed by atoms with Gasteiger partial charge in [-0.1, -0.05) is 32.4 Å². The second-order valence-electron chi connectivity index (χ2n) is 8.89. The Hall–Kier alpha value is -2.23. The van der Waals surface area contributed by atoms with Crippen molar-refractivity contribution >= 4 is 29.2 Å². The van der Waals surface area contributed by atoms with Gasteiger partial charge >= 0.3 is 12.2 Å². The Morgan fingerprint density at radius 3 is 2.48 bits per heavy atom. The van der Waals surface area contributed by atoms with Crippen molar-refractivity contribution in [3.05, 3.63) is 22.8 Å². The van der Waals surface area contributed by atoms with Crippen LogP contribution in [-0.2, 0) is 6.18 Å². The maximum Gasteiger partial charge on any atom is 0.417 e. The molecule has 11 heteroatoms. The van der Waals surface area contributed by atoms with Gasteiger partial charge in [0, 0.05) is 57.0 Å². The molecule has 0 radical (unpaired) electrons. The molecule has 2 aliphatic rings. The molecular weight excluding hydrogens is 433 g/mol. The summed E-state index contributed by atoms with van der Waals surface area (Å²) in [6.45, 7) is 8.19. The summed E-state index contributed by atoms with van der Waals surface area (Å²) in [4.78, 5) is 20.3. The Morgan fingerprint density at radius 2 is 1.90 bits per heavy atom. The molecule has 2 aliphatic heterocycles. The highest BCUT2D eigenvalue weighted by atomic mass is 35.5. The van der Waals surface area contributed by atoms with E-state index in [0.29, 0.717) is 44.8 Å². The van der Waals surface area contributed by atoms with Crippen LogP contribution in [0.4, 0.5) is 23.8 Å². The molecule has 0 aromatic carbocycles. The van der Waals surface area contributed by atoms with E-state index in [9.17, 15) is 18.0 Å². The van der Waals surface area contributed by atoms with Crippen LogP contribution >= 0.6 is 11.6 Å². The molecule has 7 nitrogen and oxygen atoms in total. The Kier molecular flexibility index (Phi) is 6.59. The molecule has 1 saturated heterocycles. The first-order valence-electron chi connectivity index (χ1n) is 10.2. The van der Waals surface area contributed by atoms with Crippen molar-refractivity contribution in [1.29, 1.82) is 0 Å². The molecule has 0 aliphatic carbocycles. The molecule has 172 valence electrons. The van der Waals surface area contributed by atoms with Gasteiger partial charge in [-0.3, -0.25) is 5.01 Å². The highest BCUT2D eigenvalue weighted by Gasteiger charge is 2.34. The summed E-state index contributed by atoms with van der Waals surface area (Å²) >= 11 is 6.09. The smallest absolute Gasteiger partial charge is 0.354 e. The van der Waals surface area contributed by atoms with Gasteiger partial charge in [0.15, 0.2) is 0 Å². The maximum atomic E-state index is 12.9. The van der Waals surface area contributed by atoms with Gasteiger partial charge in [0.1, 0.15) is 12.0 Å². The minimum Gasteiger partial charge on any atom is -0.354 e. The van der Waals surface area contributed by atoms with Gasteiger partial charge in [-0.25, -0.2) is 9.78 Å². The molecule has 0 bridgehead atoms. The van der Waals surface area contributed by atoms with Crippen LogP contribution in [0.5, 0.6) is 0 Å². The van der Waals surface area contributed by atoms with E-state index in [1.807, 2.05) is 11.9 Å². The Balaban J connectivity index is 1.60. The van der Waals surface area contributed by atoms with Crippen LogP contribution in [0.2, 0.25) is 5.02 Å². The number of carbonyl (C=O) groups is 1. The van der Waals surface area contributed by atoms with Crippen LogP contribution in [-0.4, -0.2) is 66.0 Å². The Bertz CT molecular complexity index is 854. The fourth-order valence-corrected chi connectivity index (χ4v) is 3.89. The third-order valence-electron chi connectivity index (χ3n) is 5.50. The van der Waals surface area contributed by atoms with E-state index in [4.69, 9.17) is 11.6 Å². The highest BCUT2D eigenvalue weighted by molar-refractivity contribution is 6.33. The van der Waals surface area contributed by atoms with Crippen LogP contribution in [0.15, 0.2) is 17.4 Å². The van der Waals surface area contributed by atoms with Crippen molar-refractivity contribution in [2.45, 2.75) is 46.0 Å². The predicted molar refractivity (Wildman–Crippen MR) is 114 cm³/mol. The lowest BCUT2D eigenvalue weighted by Crippen LogP contribution is -2.49. The first-order chi connectivity index (χ1) is 14.4. The third kappa shape index (κ3) is 5.53. The quantitative estimate of drug-likeness (QED) is 0.723. The number of hydrazone groups is 1. The van der Waals surface area contributed by atoms with Gasteiger partial charge < -0.3 is 15.1 Å². The standard InChI is InChI=1S/C20H28ClF3N6O/c1-19(2,3)15-11-16(28(4)27-15)26-18(31)30-7-5-6-29(8-9-30)17-14(21)10-13(12-25-17)20(22,23)24/h10,12,16H,5-9,11H2,1-4H3,(H,26,31). The van der Waals surface area contributed by atoms with Crippen LogP contribution < -0.4 is 10.2 Å². The predicted octanol–water partition coefficient (Wildman–Crippen LogP) is 4.04. The maximum absolute atomic E-state index is 12.9. The van der Waals surface area contributed by atoms with E-state index < -0.39 is 11.7 Å². The molecule has 1 aromatic heterocycles. The molecule has 31 heavy (non-hydrogen) atoms. The molecule has 1 unspecified atom stereocenters. The molecule has 1 fully saturated rings.